The number of carbonyl (C=O) groups is 1. The lowest BCUT2D eigenvalue weighted by molar-refractivity contribution is 0.0697. The maximum absolute atomic E-state index is 11.4. The van der Waals surface area contributed by atoms with Gasteiger partial charge in [0.2, 0.25) is 0 Å². The number of fused-ring (bicyclic) bond motifs is 1. The fourth-order valence-corrected chi connectivity index (χ4v) is 2.79. The first-order chi connectivity index (χ1) is 9.65. The summed E-state index contributed by atoms with van der Waals surface area (Å²) >= 11 is 0. The summed E-state index contributed by atoms with van der Waals surface area (Å²) in [5.74, 6) is -0.862. The van der Waals surface area contributed by atoms with Crippen molar-refractivity contribution < 1.29 is 9.90 Å². The second-order valence-electron chi connectivity index (χ2n) is 5.27. The van der Waals surface area contributed by atoms with Crippen molar-refractivity contribution in [2.24, 2.45) is 0 Å². The van der Waals surface area contributed by atoms with Gasteiger partial charge >= 0.3 is 5.97 Å². The van der Waals surface area contributed by atoms with E-state index >= 15 is 0 Å². The zero-order chi connectivity index (χ0) is 14.1. The Morgan fingerprint density at radius 1 is 1.15 bits per heavy atom. The molecule has 3 rings (SSSR count). The van der Waals surface area contributed by atoms with Gasteiger partial charge in [-0.15, -0.1) is 0 Å². The average molecular weight is 267 g/mol. The van der Waals surface area contributed by atoms with E-state index in [0.29, 0.717) is 5.56 Å². The third-order valence-corrected chi connectivity index (χ3v) is 3.85. The molecule has 3 nitrogen and oxygen atoms in total. The summed E-state index contributed by atoms with van der Waals surface area (Å²) in [5, 5.41) is 9.36. The van der Waals surface area contributed by atoms with Crippen LogP contribution in [0.3, 0.4) is 0 Å². The molecule has 0 amide bonds. The summed E-state index contributed by atoms with van der Waals surface area (Å²) in [5.41, 5.74) is 4.95. The Bertz CT molecular complexity index is 664. The van der Waals surface area contributed by atoms with Crippen molar-refractivity contribution in [1.29, 1.82) is 0 Å². The lowest BCUT2D eigenvalue weighted by atomic mass is 9.98. The lowest BCUT2D eigenvalue weighted by Crippen LogP contribution is -2.31. The normalized spacial score (nSPS) is 13.9. The topological polar surface area (TPSA) is 40.5 Å². The first-order valence-corrected chi connectivity index (χ1v) is 6.81. The van der Waals surface area contributed by atoms with E-state index in [4.69, 9.17) is 0 Å². The lowest BCUT2D eigenvalue weighted by Gasteiger charge is -2.31. The maximum Gasteiger partial charge on any atom is 0.337 e. The van der Waals surface area contributed by atoms with Crippen LogP contribution in [0.1, 0.15) is 27.0 Å². The quantitative estimate of drug-likeness (QED) is 0.908. The molecule has 3 heteroatoms. The minimum atomic E-state index is -0.862. The highest BCUT2D eigenvalue weighted by atomic mass is 16.4. The van der Waals surface area contributed by atoms with Gasteiger partial charge in [0.25, 0.3) is 0 Å². The number of aromatic carboxylic acids is 1. The van der Waals surface area contributed by atoms with Crippen molar-refractivity contribution in [3.8, 4) is 0 Å². The SMILES string of the molecule is Cc1ccc(C(=O)O)c(N2CCc3ccccc3C2)c1. The van der Waals surface area contributed by atoms with Crippen LogP contribution in [0.15, 0.2) is 42.5 Å². The zero-order valence-corrected chi connectivity index (χ0v) is 11.5. The minimum Gasteiger partial charge on any atom is -0.478 e. The molecule has 1 N–H and O–H groups in total. The van der Waals surface area contributed by atoms with E-state index in [-0.39, 0.29) is 0 Å². The molecule has 102 valence electrons. The number of rotatable bonds is 2. The van der Waals surface area contributed by atoms with Gasteiger partial charge in [-0.2, -0.15) is 0 Å². The molecule has 0 aromatic heterocycles. The standard InChI is InChI=1S/C17H17NO2/c1-12-6-7-15(17(19)20)16(10-12)18-9-8-13-4-2-3-5-14(13)11-18/h2-7,10H,8-9,11H2,1H3,(H,19,20). The summed E-state index contributed by atoms with van der Waals surface area (Å²) < 4.78 is 0. The van der Waals surface area contributed by atoms with E-state index < -0.39 is 5.97 Å². The highest BCUT2D eigenvalue weighted by Crippen LogP contribution is 2.28. The molecular formula is C17H17NO2. The van der Waals surface area contributed by atoms with Gasteiger partial charge in [-0.3, -0.25) is 0 Å². The second kappa shape index (κ2) is 5.00. The van der Waals surface area contributed by atoms with Gasteiger partial charge in [0.1, 0.15) is 0 Å². The van der Waals surface area contributed by atoms with Crippen LogP contribution >= 0.6 is 0 Å². The fraction of sp³-hybridized carbons (Fsp3) is 0.235. The van der Waals surface area contributed by atoms with Crippen LogP contribution in [-0.4, -0.2) is 17.6 Å². The summed E-state index contributed by atoms with van der Waals surface area (Å²) in [6, 6.07) is 13.9. The van der Waals surface area contributed by atoms with Crippen LogP contribution in [-0.2, 0) is 13.0 Å². The molecule has 0 aliphatic carbocycles. The number of carboxylic acid groups (broad SMARTS) is 1. The Morgan fingerprint density at radius 2 is 1.90 bits per heavy atom. The van der Waals surface area contributed by atoms with Crippen molar-refractivity contribution in [3.63, 3.8) is 0 Å². The highest BCUT2D eigenvalue weighted by molar-refractivity contribution is 5.94. The van der Waals surface area contributed by atoms with Crippen molar-refractivity contribution in [2.45, 2.75) is 19.9 Å². The van der Waals surface area contributed by atoms with Crippen molar-refractivity contribution in [1.82, 2.24) is 0 Å². The summed E-state index contributed by atoms with van der Waals surface area (Å²) in [6.07, 6.45) is 0.961. The van der Waals surface area contributed by atoms with Gasteiger partial charge in [0.05, 0.1) is 11.3 Å². The molecule has 0 saturated carbocycles. The Kier molecular flexibility index (Phi) is 3.18. The summed E-state index contributed by atoms with van der Waals surface area (Å²) in [6.45, 7) is 3.63. The van der Waals surface area contributed by atoms with E-state index in [2.05, 4.69) is 23.1 Å². The average Bonchev–Trinajstić information content (AvgIpc) is 2.46. The molecule has 20 heavy (non-hydrogen) atoms. The van der Waals surface area contributed by atoms with Crippen LogP contribution in [0.5, 0.6) is 0 Å². The first-order valence-electron chi connectivity index (χ1n) is 6.81. The highest BCUT2D eigenvalue weighted by Gasteiger charge is 2.20. The summed E-state index contributed by atoms with van der Waals surface area (Å²) in [4.78, 5) is 13.6. The first kappa shape index (κ1) is 12.7. The number of carboxylic acids is 1. The predicted molar refractivity (Wildman–Crippen MR) is 79.3 cm³/mol. The molecular weight excluding hydrogens is 250 g/mol. The van der Waals surface area contributed by atoms with E-state index in [0.717, 1.165) is 30.8 Å². The number of hydrogen-bond acceptors (Lipinski definition) is 2. The number of benzene rings is 2. The van der Waals surface area contributed by atoms with Gasteiger partial charge in [-0.05, 0) is 42.2 Å². The molecule has 0 saturated heterocycles. The largest absolute Gasteiger partial charge is 0.478 e. The van der Waals surface area contributed by atoms with E-state index in [1.165, 1.54) is 11.1 Å². The molecule has 0 bridgehead atoms. The summed E-state index contributed by atoms with van der Waals surface area (Å²) in [7, 11) is 0. The van der Waals surface area contributed by atoms with Gasteiger partial charge in [-0.1, -0.05) is 30.3 Å². The van der Waals surface area contributed by atoms with Crippen LogP contribution in [0, 0.1) is 6.92 Å². The van der Waals surface area contributed by atoms with Crippen LogP contribution in [0.2, 0.25) is 0 Å². The molecule has 1 aliphatic rings. The van der Waals surface area contributed by atoms with E-state index in [1.807, 2.05) is 25.1 Å². The third kappa shape index (κ3) is 2.27. The van der Waals surface area contributed by atoms with Gasteiger partial charge in [0.15, 0.2) is 0 Å². The van der Waals surface area contributed by atoms with E-state index in [9.17, 15) is 9.90 Å². The number of nitrogens with zero attached hydrogens (tertiary/aromatic N) is 1. The van der Waals surface area contributed by atoms with Gasteiger partial charge in [0, 0.05) is 13.1 Å². The number of anilines is 1. The Morgan fingerprint density at radius 3 is 2.65 bits per heavy atom. The molecule has 0 fully saturated rings. The Labute approximate surface area is 118 Å². The fourth-order valence-electron chi connectivity index (χ4n) is 2.79. The molecule has 1 heterocycles. The van der Waals surface area contributed by atoms with Gasteiger partial charge < -0.3 is 10.0 Å². The third-order valence-electron chi connectivity index (χ3n) is 3.85. The molecule has 0 radical (unpaired) electrons. The van der Waals surface area contributed by atoms with Crippen molar-refractivity contribution >= 4 is 11.7 Å². The van der Waals surface area contributed by atoms with Crippen LogP contribution < -0.4 is 4.90 Å². The molecule has 0 atom stereocenters. The molecule has 0 spiro atoms. The smallest absolute Gasteiger partial charge is 0.337 e. The van der Waals surface area contributed by atoms with Crippen LogP contribution in [0.25, 0.3) is 0 Å². The van der Waals surface area contributed by atoms with Crippen LogP contribution in [0.4, 0.5) is 5.69 Å². The van der Waals surface area contributed by atoms with Crippen molar-refractivity contribution in [3.05, 3.63) is 64.7 Å². The van der Waals surface area contributed by atoms with Crippen molar-refractivity contribution in [2.75, 3.05) is 11.4 Å². The van der Waals surface area contributed by atoms with E-state index in [1.54, 1.807) is 6.07 Å². The predicted octanol–water partition coefficient (Wildman–Crippen LogP) is 3.26. The molecule has 0 unspecified atom stereocenters. The Balaban J connectivity index is 1.99. The molecule has 1 aliphatic heterocycles. The second-order valence-corrected chi connectivity index (χ2v) is 5.27. The van der Waals surface area contributed by atoms with Gasteiger partial charge in [-0.25, -0.2) is 4.79 Å². The molecule has 2 aromatic rings. The Hall–Kier alpha value is -2.29. The molecule has 2 aromatic carbocycles. The minimum absolute atomic E-state index is 0.384. The monoisotopic (exact) mass is 267 g/mol. The number of hydrogen-bond donors (Lipinski definition) is 1. The maximum atomic E-state index is 11.4. The zero-order valence-electron chi connectivity index (χ0n) is 11.5. The number of aryl methyl sites for hydroxylation is 1.